The van der Waals surface area contributed by atoms with Gasteiger partial charge in [0, 0.05) is 6.54 Å². The largest absolute Gasteiger partial charge is 0.337 e. The lowest BCUT2D eigenvalue weighted by atomic mass is 9.85. The van der Waals surface area contributed by atoms with Crippen molar-refractivity contribution in [3.05, 3.63) is 0 Å². The van der Waals surface area contributed by atoms with Gasteiger partial charge in [-0.3, -0.25) is 10.1 Å². The Kier molecular flexibility index (Phi) is 7.19. The second-order valence-corrected chi connectivity index (χ2v) is 5.62. The number of carbonyl (C=O) groups is 2. The first kappa shape index (κ1) is 16.2. The highest BCUT2D eigenvalue weighted by Crippen LogP contribution is 2.19. The molecule has 0 heterocycles. The maximum Gasteiger partial charge on any atom is 0.321 e. The number of nitrogens with one attached hydrogen (secondary N) is 2. The second-order valence-electron chi connectivity index (χ2n) is 4.97. The van der Waals surface area contributed by atoms with Crippen LogP contribution in [-0.2, 0) is 4.79 Å². The maximum atomic E-state index is 11.4. The molecular weight excluding hydrogens is 240 g/mol. The highest BCUT2D eigenvalue weighted by molar-refractivity contribution is 6.31. The molecule has 0 bridgehead atoms. The molecule has 0 aromatic carbocycles. The number of amides is 3. The zero-order valence-corrected chi connectivity index (χ0v) is 12.0. The first-order valence-corrected chi connectivity index (χ1v) is 6.42. The molecule has 3 amide bonds. The fraction of sp³-hybridized carbons (Fsp3) is 0.833. The van der Waals surface area contributed by atoms with Crippen LogP contribution in [0.25, 0.3) is 0 Å². The molecule has 0 radical (unpaired) electrons. The van der Waals surface area contributed by atoms with Crippen LogP contribution in [0.5, 0.6) is 0 Å². The summed E-state index contributed by atoms with van der Waals surface area (Å²) in [6.45, 7) is 10.6. The predicted octanol–water partition coefficient (Wildman–Crippen LogP) is 2.37. The Morgan fingerprint density at radius 1 is 1.06 bits per heavy atom. The molecule has 0 rings (SSSR count). The van der Waals surface area contributed by atoms with Crippen LogP contribution in [0.3, 0.4) is 0 Å². The number of halogens is 1. The lowest BCUT2D eigenvalue weighted by Gasteiger charge is -2.25. The van der Waals surface area contributed by atoms with Crippen molar-refractivity contribution in [2.75, 3.05) is 6.54 Å². The van der Waals surface area contributed by atoms with Crippen molar-refractivity contribution in [1.82, 2.24) is 10.6 Å². The first-order valence-electron chi connectivity index (χ1n) is 5.98. The number of alkyl halides is 1. The minimum atomic E-state index is -0.702. The van der Waals surface area contributed by atoms with Crippen LogP contribution in [0, 0.1) is 17.8 Å². The van der Waals surface area contributed by atoms with E-state index in [1.54, 1.807) is 0 Å². The fourth-order valence-electron chi connectivity index (χ4n) is 1.71. The average molecular weight is 263 g/mol. The molecule has 0 saturated heterocycles. The van der Waals surface area contributed by atoms with Gasteiger partial charge in [-0.15, -0.1) is 11.6 Å². The van der Waals surface area contributed by atoms with Crippen LogP contribution < -0.4 is 10.6 Å². The van der Waals surface area contributed by atoms with E-state index in [-0.39, 0.29) is 0 Å². The van der Waals surface area contributed by atoms with Gasteiger partial charge < -0.3 is 5.32 Å². The van der Waals surface area contributed by atoms with Gasteiger partial charge in [-0.25, -0.2) is 4.79 Å². The summed E-state index contributed by atoms with van der Waals surface area (Å²) in [5, 5.41) is 4.19. The van der Waals surface area contributed by atoms with Gasteiger partial charge in [-0.1, -0.05) is 27.7 Å². The third-order valence-electron chi connectivity index (χ3n) is 2.81. The number of hydrogen-bond donors (Lipinski definition) is 2. The SMILES string of the molecule is CC(Cl)C(=O)NC(=O)NCC(C(C)C)C(C)C. The summed E-state index contributed by atoms with van der Waals surface area (Å²) in [7, 11) is 0. The lowest BCUT2D eigenvalue weighted by Crippen LogP contribution is -2.44. The molecule has 100 valence electrons. The Hall–Kier alpha value is -0.770. The van der Waals surface area contributed by atoms with Gasteiger partial charge in [0.05, 0.1) is 0 Å². The van der Waals surface area contributed by atoms with Crippen molar-refractivity contribution in [3.8, 4) is 0 Å². The molecule has 0 aromatic rings. The van der Waals surface area contributed by atoms with E-state index in [0.717, 1.165) is 0 Å². The molecule has 0 aromatic heterocycles. The van der Waals surface area contributed by atoms with Crippen LogP contribution >= 0.6 is 11.6 Å². The van der Waals surface area contributed by atoms with E-state index in [2.05, 4.69) is 38.3 Å². The smallest absolute Gasteiger partial charge is 0.321 e. The summed E-state index contributed by atoms with van der Waals surface area (Å²) in [5.74, 6) is 0.884. The number of hydrogen-bond acceptors (Lipinski definition) is 2. The second kappa shape index (κ2) is 7.54. The average Bonchev–Trinajstić information content (AvgIpc) is 2.16. The molecule has 2 N–H and O–H groups in total. The van der Waals surface area contributed by atoms with E-state index in [0.29, 0.717) is 24.3 Å². The first-order chi connectivity index (χ1) is 7.75. The fourth-order valence-corrected chi connectivity index (χ4v) is 1.76. The van der Waals surface area contributed by atoms with Gasteiger partial charge in [0.25, 0.3) is 0 Å². The van der Waals surface area contributed by atoms with E-state index in [1.165, 1.54) is 6.92 Å². The van der Waals surface area contributed by atoms with Crippen LogP contribution in [0.15, 0.2) is 0 Å². The molecule has 1 atom stereocenters. The third-order valence-corrected chi connectivity index (χ3v) is 3.01. The highest BCUT2D eigenvalue weighted by atomic mass is 35.5. The van der Waals surface area contributed by atoms with Crippen molar-refractivity contribution < 1.29 is 9.59 Å². The van der Waals surface area contributed by atoms with Gasteiger partial charge in [-0.05, 0) is 24.7 Å². The van der Waals surface area contributed by atoms with E-state index in [9.17, 15) is 9.59 Å². The van der Waals surface area contributed by atoms with Crippen LogP contribution in [0.4, 0.5) is 4.79 Å². The summed E-state index contributed by atoms with van der Waals surface area (Å²) in [6, 6.07) is -0.478. The van der Waals surface area contributed by atoms with E-state index >= 15 is 0 Å². The molecule has 0 aliphatic rings. The normalized spacial score (nSPS) is 13.0. The van der Waals surface area contributed by atoms with E-state index < -0.39 is 17.3 Å². The third kappa shape index (κ3) is 6.51. The van der Waals surface area contributed by atoms with Crippen LogP contribution in [-0.4, -0.2) is 23.9 Å². The number of imide groups is 1. The van der Waals surface area contributed by atoms with Gasteiger partial charge in [-0.2, -0.15) is 0 Å². The molecule has 4 nitrogen and oxygen atoms in total. The summed E-state index contributed by atoms with van der Waals surface area (Å²) in [4.78, 5) is 22.6. The van der Waals surface area contributed by atoms with Crippen molar-refractivity contribution in [2.45, 2.75) is 40.0 Å². The summed E-state index contributed by atoms with van der Waals surface area (Å²) in [6.07, 6.45) is 0. The van der Waals surface area contributed by atoms with E-state index in [4.69, 9.17) is 11.6 Å². The van der Waals surface area contributed by atoms with Crippen molar-refractivity contribution in [2.24, 2.45) is 17.8 Å². The van der Waals surface area contributed by atoms with Gasteiger partial charge in [0.2, 0.25) is 5.91 Å². The number of urea groups is 1. The van der Waals surface area contributed by atoms with Gasteiger partial charge in [0.15, 0.2) is 0 Å². The Labute approximate surface area is 108 Å². The Morgan fingerprint density at radius 2 is 1.53 bits per heavy atom. The minimum absolute atomic E-state index is 0.393. The molecule has 0 spiro atoms. The van der Waals surface area contributed by atoms with Crippen molar-refractivity contribution in [3.63, 3.8) is 0 Å². The zero-order valence-electron chi connectivity index (χ0n) is 11.2. The van der Waals surface area contributed by atoms with Crippen LogP contribution in [0.1, 0.15) is 34.6 Å². The molecule has 17 heavy (non-hydrogen) atoms. The molecule has 1 unspecified atom stereocenters. The van der Waals surface area contributed by atoms with Crippen LogP contribution in [0.2, 0.25) is 0 Å². The lowest BCUT2D eigenvalue weighted by molar-refractivity contribution is -0.119. The van der Waals surface area contributed by atoms with E-state index in [1.807, 2.05) is 0 Å². The quantitative estimate of drug-likeness (QED) is 0.748. The monoisotopic (exact) mass is 262 g/mol. The van der Waals surface area contributed by atoms with Crippen molar-refractivity contribution in [1.29, 1.82) is 0 Å². The van der Waals surface area contributed by atoms with Gasteiger partial charge in [0.1, 0.15) is 5.38 Å². The molecule has 0 aliphatic carbocycles. The number of carbonyl (C=O) groups excluding carboxylic acids is 2. The summed E-state index contributed by atoms with van der Waals surface area (Å²) < 4.78 is 0. The minimum Gasteiger partial charge on any atom is -0.337 e. The zero-order chi connectivity index (χ0) is 13.6. The molecular formula is C12H23ClN2O2. The topological polar surface area (TPSA) is 58.2 Å². The Bertz CT molecular complexity index is 257. The maximum absolute atomic E-state index is 11.4. The standard InChI is InChI=1S/C12H23ClN2O2/c1-7(2)10(8(3)4)6-14-12(17)15-11(16)9(5)13/h7-10H,6H2,1-5H3,(H2,14,15,16,17). The Morgan fingerprint density at radius 3 is 1.88 bits per heavy atom. The molecule has 5 heteroatoms. The molecule has 0 fully saturated rings. The summed E-state index contributed by atoms with van der Waals surface area (Å²) >= 11 is 5.54. The number of rotatable bonds is 5. The Balaban J connectivity index is 4.10. The molecule has 0 aliphatic heterocycles. The van der Waals surface area contributed by atoms with Gasteiger partial charge >= 0.3 is 6.03 Å². The highest BCUT2D eigenvalue weighted by Gasteiger charge is 2.19. The predicted molar refractivity (Wildman–Crippen MR) is 70.0 cm³/mol. The molecule has 0 saturated carbocycles. The van der Waals surface area contributed by atoms with Crippen molar-refractivity contribution >= 4 is 23.5 Å². The summed E-state index contributed by atoms with van der Waals surface area (Å²) in [5.41, 5.74) is 0.